The van der Waals surface area contributed by atoms with Crippen LogP contribution in [0.1, 0.15) is 37.9 Å². The van der Waals surface area contributed by atoms with Crippen molar-refractivity contribution in [1.82, 2.24) is 10.3 Å². The standard InChI is InChI=1S/C21H28N2O4/c1-5-21(2,3)19-15(14-8-6-7-9-16(14)23-19)12-13-22-18(25)11-10-17(24)20(26)27-4/h5-9,17,23-24H,1,10-13H2,2-4H3,(H,22,25). The number of allylic oxidation sites excluding steroid dienone is 1. The van der Waals surface area contributed by atoms with E-state index in [2.05, 4.69) is 41.5 Å². The van der Waals surface area contributed by atoms with Crippen molar-refractivity contribution in [3.05, 3.63) is 48.2 Å². The topological polar surface area (TPSA) is 91.4 Å². The van der Waals surface area contributed by atoms with E-state index in [1.165, 1.54) is 7.11 Å². The third-order valence-corrected chi connectivity index (χ3v) is 4.78. The number of fused-ring (bicyclic) bond motifs is 1. The van der Waals surface area contributed by atoms with Crippen molar-refractivity contribution < 1.29 is 19.4 Å². The lowest BCUT2D eigenvalue weighted by Crippen LogP contribution is -2.29. The van der Waals surface area contributed by atoms with Crippen molar-refractivity contribution in [1.29, 1.82) is 0 Å². The first-order valence-corrected chi connectivity index (χ1v) is 9.06. The molecule has 6 nitrogen and oxygen atoms in total. The molecule has 1 unspecified atom stereocenters. The van der Waals surface area contributed by atoms with Crippen LogP contribution in [-0.4, -0.2) is 41.7 Å². The Labute approximate surface area is 159 Å². The van der Waals surface area contributed by atoms with E-state index in [1.54, 1.807) is 0 Å². The number of amides is 1. The molecule has 1 amide bonds. The second kappa shape index (κ2) is 8.86. The van der Waals surface area contributed by atoms with Crippen LogP contribution in [0.25, 0.3) is 10.9 Å². The average Bonchev–Trinajstić information content (AvgIpc) is 3.05. The SMILES string of the molecule is C=CC(C)(C)c1[nH]c2ccccc2c1CCNC(=O)CCC(O)C(=O)OC. The fourth-order valence-corrected chi connectivity index (χ4v) is 3.05. The lowest BCUT2D eigenvalue weighted by Gasteiger charge is -2.21. The number of rotatable bonds is 9. The maximum absolute atomic E-state index is 12.0. The number of ether oxygens (including phenoxy) is 1. The van der Waals surface area contributed by atoms with Gasteiger partial charge in [0.1, 0.15) is 0 Å². The molecule has 27 heavy (non-hydrogen) atoms. The molecule has 6 heteroatoms. The molecule has 0 fully saturated rings. The number of benzene rings is 1. The zero-order valence-corrected chi connectivity index (χ0v) is 16.2. The van der Waals surface area contributed by atoms with Gasteiger partial charge in [-0.25, -0.2) is 4.79 Å². The number of H-pyrrole nitrogens is 1. The van der Waals surface area contributed by atoms with Crippen LogP contribution in [0.4, 0.5) is 0 Å². The van der Waals surface area contributed by atoms with Crippen molar-refractivity contribution >= 4 is 22.8 Å². The Bertz CT molecular complexity index is 823. The minimum absolute atomic E-state index is 0.0420. The van der Waals surface area contributed by atoms with E-state index in [0.717, 1.165) is 22.2 Å². The molecule has 0 aliphatic carbocycles. The highest BCUT2D eigenvalue weighted by Gasteiger charge is 2.24. The molecule has 0 radical (unpaired) electrons. The van der Waals surface area contributed by atoms with Crippen molar-refractivity contribution in [3.8, 4) is 0 Å². The highest BCUT2D eigenvalue weighted by atomic mass is 16.5. The van der Waals surface area contributed by atoms with Crippen molar-refractivity contribution in [2.45, 2.75) is 44.6 Å². The number of aromatic nitrogens is 1. The summed E-state index contributed by atoms with van der Waals surface area (Å²) in [7, 11) is 1.20. The highest BCUT2D eigenvalue weighted by Crippen LogP contribution is 2.32. The van der Waals surface area contributed by atoms with E-state index in [9.17, 15) is 14.7 Å². The van der Waals surface area contributed by atoms with Gasteiger partial charge in [0.05, 0.1) is 7.11 Å². The zero-order valence-electron chi connectivity index (χ0n) is 16.2. The molecule has 0 spiro atoms. The number of hydrogen-bond acceptors (Lipinski definition) is 4. The number of aliphatic hydroxyl groups is 1. The van der Waals surface area contributed by atoms with Crippen LogP contribution in [0.3, 0.4) is 0 Å². The van der Waals surface area contributed by atoms with E-state index in [0.29, 0.717) is 13.0 Å². The molecule has 0 saturated heterocycles. The number of nitrogens with one attached hydrogen (secondary N) is 2. The molecule has 2 rings (SSSR count). The van der Waals surface area contributed by atoms with Gasteiger partial charge in [-0.1, -0.05) is 38.1 Å². The van der Waals surface area contributed by atoms with Gasteiger partial charge in [-0.2, -0.15) is 0 Å². The summed E-state index contributed by atoms with van der Waals surface area (Å²) in [5, 5.41) is 13.5. The minimum atomic E-state index is -1.27. The first kappa shape index (κ1) is 20.7. The number of esters is 1. The highest BCUT2D eigenvalue weighted by molar-refractivity contribution is 5.85. The number of aliphatic hydroxyl groups excluding tert-OH is 1. The first-order chi connectivity index (χ1) is 12.8. The van der Waals surface area contributed by atoms with Gasteiger partial charge in [-0.3, -0.25) is 4.79 Å². The van der Waals surface area contributed by atoms with Crippen LogP contribution in [0.2, 0.25) is 0 Å². The third kappa shape index (κ3) is 4.98. The Morgan fingerprint density at radius 2 is 2.07 bits per heavy atom. The fourth-order valence-electron chi connectivity index (χ4n) is 3.05. The molecular weight excluding hydrogens is 344 g/mol. The molecule has 2 aromatic rings. The predicted molar refractivity (Wildman–Crippen MR) is 105 cm³/mol. The van der Waals surface area contributed by atoms with Gasteiger partial charge >= 0.3 is 5.97 Å². The van der Waals surface area contributed by atoms with Gasteiger partial charge in [0, 0.05) is 35.0 Å². The van der Waals surface area contributed by atoms with E-state index in [1.807, 2.05) is 24.3 Å². The van der Waals surface area contributed by atoms with E-state index in [4.69, 9.17) is 0 Å². The molecular formula is C21H28N2O4. The number of methoxy groups -OCH3 is 1. The molecule has 146 valence electrons. The molecule has 3 N–H and O–H groups in total. The number of para-hydroxylation sites is 1. The van der Waals surface area contributed by atoms with Gasteiger partial charge in [0.2, 0.25) is 5.91 Å². The predicted octanol–water partition coefficient (Wildman–Crippen LogP) is 2.60. The number of carbonyl (C=O) groups is 2. The summed E-state index contributed by atoms with van der Waals surface area (Å²) in [4.78, 5) is 26.6. The number of carbonyl (C=O) groups excluding carboxylic acids is 2. The Hall–Kier alpha value is -2.60. The maximum Gasteiger partial charge on any atom is 0.334 e. The molecule has 0 aliphatic rings. The lowest BCUT2D eigenvalue weighted by molar-refractivity contribution is -0.150. The number of aromatic amines is 1. The van der Waals surface area contributed by atoms with E-state index in [-0.39, 0.29) is 24.2 Å². The van der Waals surface area contributed by atoms with Gasteiger partial charge in [0.25, 0.3) is 0 Å². The summed E-state index contributed by atoms with van der Waals surface area (Å²) < 4.78 is 4.44. The zero-order chi connectivity index (χ0) is 20.0. The molecule has 1 heterocycles. The Morgan fingerprint density at radius 3 is 2.74 bits per heavy atom. The van der Waals surface area contributed by atoms with Crippen molar-refractivity contribution in [2.24, 2.45) is 0 Å². The average molecular weight is 372 g/mol. The minimum Gasteiger partial charge on any atom is -0.467 e. The molecule has 1 atom stereocenters. The van der Waals surface area contributed by atoms with Crippen LogP contribution < -0.4 is 5.32 Å². The van der Waals surface area contributed by atoms with Crippen molar-refractivity contribution in [3.63, 3.8) is 0 Å². The Kier molecular flexibility index (Phi) is 6.80. The molecule has 0 bridgehead atoms. The first-order valence-electron chi connectivity index (χ1n) is 9.06. The summed E-state index contributed by atoms with van der Waals surface area (Å²) in [5.74, 6) is -0.930. The maximum atomic E-state index is 12.0. The van der Waals surface area contributed by atoms with Gasteiger partial charge < -0.3 is 20.1 Å². The normalized spacial score (nSPS) is 12.6. The smallest absolute Gasteiger partial charge is 0.334 e. The Morgan fingerprint density at radius 1 is 1.37 bits per heavy atom. The molecule has 0 saturated carbocycles. The monoisotopic (exact) mass is 372 g/mol. The van der Waals surface area contributed by atoms with Crippen LogP contribution >= 0.6 is 0 Å². The molecule has 1 aromatic heterocycles. The second-order valence-corrected chi connectivity index (χ2v) is 7.13. The largest absolute Gasteiger partial charge is 0.467 e. The van der Waals surface area contributed by atoms with Crippen LogP contribution in [0.5, 0.6) is 0 Å². The molecule has 0 aliphatic heterocycles. The second-order valence-electron chi connectivity index (χ2n) is 7.13. The van der Waals surface area contributed by atoms with Gasteiger partial charge in [-0.05, 0) is 24.5 Å². The van der Waals surface area contributed by atoms with Crippen LogP contribution in [-0.2, 0) is 26.2 Å². The van der Waals surface area contributed by atoms with Gasteiger partial charge in [0.15, 0.2) is 6.10 Å². The summed E-state index contributed by atoms with van der Waals surface area (Å²) in [5.41, 5.74) is 3.09. The molecule has 1 aromatic carbocycles. The van der Waals surface area contributed by atoms with Gasteiger partial charge in [-0.15, -0.1) is 6.58 Å². The Balaban J connectivity index is 2.02. The quantitative estimate of drug-likeness (QED) is 0.466. The summed E-state index contributed by atoms with van der Waals surface area (Å²) in [6, 6.07) is 8.09. The third-order valence-electron chi connectivity index (χ3n) is 4.78. The van der Waals surface area contributed by atoms with Crippen molar-refractivity contribution in [2.75, 3.05) is 13.7 Å². The fraction of sp³-hybridized carbons (Fsp3) is 0.429. The summed E-state index contributed by atoms with van der Waals surface area (Å²) in [6.07, 6.45) is 1.42. The lowest BCUT2D eigenvalue weighted by atomic mass is 9.86. The van der Waals surface area contributed by atoms with Crippen LogP contribution in [0.15, 0.2) is 36.9 Å². The summed E-state index contributed by atoms with van der Waals surface area (Å²) in [6.45, 7) is 8.60. The van der Waals surface area contributed by atoms with E-state index < -0.39 is 12.1 Å². The van der Waals surface area contributed by atoms with Crippen LogP contribution in [0, 0.1) is 0 Å². The summed E-state index contributed by atoms with van der Waals surface area (Å²) >= 11 is 0. The number of hydrogen-bond donors (Lipinski definition) is 3. The van der Waals surface area contributed by atoms with E-state index >= 15 is 0 Å².